The SMILES string of the molecule is Cc1cnc2[nH]c3c(OCC(CN4CCOCC4)OP(=O)(O)O)ccc(-c4cccc(S(=O)(=O)C5CC5)c4)c3c2c1. The molecule has 3 heterocycles. The van der Waals surface area contributed by atoms with Crippen LogP contribution in [0.2, 0.25) is 0 Å². The van der Waals surface area contributed by atoms with E-state index >= 15 is 0 Å². The summed E-state index contributed by atoms with van der Waals surface area (Å²) < 4.78 is 54.3. The Morgan fingerprint density at radius 3 is 2.68 bits per heavy atom. The molecule has 218 valence electrons. The number of sulfone groups is 1. The van der Waals surface area contributed by atoms with Gasteiger partial charge in [-0.15, -0.1) is 0 Å². The molecule has 2 aromatic carbocycles. The molecule has 4 aromatic rings. The molecule has 0 bridgehead atoms. The van der Waals surface area contributed by atoms with Crippen LogP contribution in [0.25, 0.3) is 33.1 Å². The second kappa shape index (κ2) is 11.1. The monoisotopic (exact) mass is 601 g/mol. The number of pyridine rings is 1. The number of phosphoric ester groups is 1. The van der Waals surface area contributed by atoms with Crippen molar-refractivity contribution >= 4 is 39.6 Å². The van der Waals surface area contributed by atoms with E-state index in [1.54, 1.807) is 30.5 Å². The zero-order chi connectivity index (χ0) is 28.8. The van der Waals surface area contributed by atoms with E-state index < -0.39 is 23.8 Å². The molecule has 1 saturated heterocycles. The lowest BCUT2D eigenvalue weighted by molar-refractivity contribution is 0.00438. The molecule has 1 atom stereocenters. The number of hydrogen-bond acceptors (Lipinski definition) is 8. The van der Waals surface area contributed by atoms with E-state index in [4.69, 9.17) is 14.0 Å². The van der Waals surface area contributed by atoms with E-state index in [0.29, 0.717) is 61.0 Å². The molecule has 0 spiro atoms. The van der Waals surface area contributed by atoms with E-state index in [-0.39, 0.29) is 18.4 Å². The van der Waals surface area contributed by atoms with Crippen molar-refractivity contribution in [1.29, 1.82) is 0 Å². The maximum Gasteiger partial charge on any atom is 0.470 e. The van der Waals surface area contributed by atoms with Gasteiger partial charge >= 0.3 is 7.82 Å². The second-order valence-corrected chi connectivity index (χ2v) is 14.0. The Balaban J connectivity index is 1.38. The number of phosphoric acid groups is 1. The van der Waals surface area contributed by atoms with Crippen LogP contribution in [0.5, 0.6) is 5.75 Å². The lowest BCUT2D eigenvalue weighted by Crippen LogP contribution is -2.43. The summed E-state index contributed by atoms with van der Waals surface area (Å²) >= 11 is 0. The van der Waals surface area contributed by atoms with Gasteiger partial charge in [0.2, 0.25) is 0 Å². The minimum absolute atomic E-state index is 0.103. The number of aromatic amines is 1. The number of hydrogen-bond donors (Lipinski definition) is 3. The first kappa shape index (κ1) is 28.3. The van der Waals surface area contributed by atoms with Gasteiger partial charge in [0.1, 0.15) is 24.1 Å². The quantitative estimate of drug-likeness (QED) is 0.229. The largest absolute Gasteiger partial charge is 0.489 e. The molecule has 41 heavy (non-hydrogen) atoms. The summed E-state index contributed by atoms with van der Waals surface area (Å²) in [6.07, 6.45) is 2.24. The minimum atomic E-state index is -4.76. The maximum absolute atomic E-state index is 13.0. The summed E-state index contributed by atoms with van der Waals surface area (Å²) in [5, 5.41) is 1.36. The van der Waals surface area contributed by atoms with Crippen molar-refractivity contribution in [2.24, 2.45) is 0 Å². The summed E-state index contributed by atoms with van der Waals surface area (Å²) in [6, 6.07) is 12.7. The number of aryl methyl sites for hydroxylation is 1. The number of benzene rings is 2. The topological polar surface area (TPSA) is 151 Å². The van der Waals surface area contributed by atoms with Crippen molar-refractivity contribution < 1.29 is 36.8 Å². The van der Waals surface area contributed by atoms with Crippen molar-refractivity contribution in [3.63, 3.8) is 0 Å². The van der Waals surface area contributed by atoms with E-state index in [1.807, 2.05) is 30.0 Å². The van der Waals surface area contributed by atoms with Crippen LogP contribution in [0.1, 0.15) is 18.4 Å². The number of rotatable bonds is 10. The number of aromatic nitrogens is 2. The van der Waals surface area contributed by atoms with Gasteiger partial charge in [0, 0.05) is 36.6 Å². The van der Waals surface area contributed by atoms with Gasteiger partial charge in [-0.25, -0.2) is 18.0 Å². The molecule has 11 nitrogen and oxygen atoms in total. The standard InChI is InChI=1S/C28H32N3O8PS/c1-18-13-24-26-23(19-3-2-4-22(14-19)41(35,36)21-5-6-21)7-8-25(27(26)30-28(24)29-15-18)38-17-20(39-40(32,33)34)16-31-9-11-37-12-10-31/h2-4,7-8,13-15,20-21H,5-6,9-12,16-17H2,1H3,(H,29,30)(H2,32,33,34). The molecule has 1 saturated carbocycles. The lowest BCUT2D eigenvalue weighted by atomic mass is 9.99. The fourth-order valence-electron chi connectivity index (χ4n) is 5.30. The Hall–Kier alpha value is -2.83. The van der Waals surface area contributed by atoms with E-state index in [1.165, 1.54) is 0 Å². The third-order valence-corrected chi connectivity index (χ3v) is 10.3. The van der Waals surface area contributed by atoms with E-state index in [2.05, 4.69) is 9.97 Å². The molecule has 2 fully saturated rings. The Morgan fingerprint density at radius 2 is 1.95 bits per heavy atom. The zero-order valence-electron chi connectivity index (χ0n) is 22.5. The number of fused-ring (bicyclic) bond motifs is 3. The number of H-pyrrole nitrogens is 1. The molecule has 1 unspecified atom stereocenters. The van der Waals surface area contributed by atoms with Gasteiger partial charge in [-0.3, -0.25) is 9.42 Å². The van der Waals surface area contributed by atoms with Crippen LogP contribution in [0.3, 0.4) is 0 Å². The first-order chi connectivity index (χ1) is 19.6. The highest BCUT2D eigenvalue weighted by Gasteiger charge is 2.37. The molecular formula is C28H32N3O8PS. The fourth-order valence-corrected chi connectivity index (χ4v) is 7.52. The molecule has 0 amide bonds. The highest BCUT2D eigenvalue weighted by molar-refractivity contribution is 7.92. The predicted molar refractivity (Wildman–Crippen MR) is 154 cm³/mol. The van der Waals surface area contributed by atoms with Crippen LogP contribution < -0.4 is 4.74 Å². The molecule has 6 rings (SSSR count). The highest BCUT2D eigenvalue weighted by atomic mass is 32.2. The van der Waals surface area contributed by atoms with Gasteiger partial charge in [-0.05, 0) is 66.8 Å². The van der Waals surface area contributed by atoms with Crippen molar-refractivity contribution in [2.75, 3.05) is 39.5 Å². The summed E-state index contributed by atoms with van der Waals surface area (Å²) in [5.41, 5.74) is 3.81. The van der Waals surface area contributed by atoms with Gasteiger partial charge in [-0.1, -0.05) is 12.1 Å². The van der Waals surface area contributed by atoms with Crippen molar-refractivity contribution in [3.05, 3.63) is 54.2 Å². The van der Waals surface area contributed by atoms with Gasteiger partial charge in [0.05, 0.1) is 28.9 Å². The number of nitrogens with one attached hydrogen (secondary N) is 1. The summed E-state index contributed by atoms with van der Waals surface area (Å²) in [4.78, 5) is 29.3. The minimum Gasteiger partial charge on any atom is -0.489 e. The zero-order valence-corrected chi connectivity index (χ0v) is 24.2. The molecule has 13 heteroatoms. The second-order valence-electron chi connectivity index (χ2n) is 10.6. The van der Waals surface area contributed by atoms with E-state index in [9.17, 15) is 22.8 Å². The number of nitrogens with zero attached hydrogens (tertiary/aromatic N) is 2. The lowest BCUT2D eigenvalue weighted by Gasteiger charge is -2.30. The van der Waals surface area contributed by atoms with Crippen LogP contribution in [0.4, 0.5) is 0 Å². The predicted octanol–water partition coefficient (Wildman–Crippen LogP) is 3.82. The molecule has 1 aliphatic heterocycles. The highest BCUT2D eigenvalue weighted by Crippen LogP contribution is 2.42. The molecule has 3 N–H and O–H groups in total. The smallest absolute Gasteiger partial charge is 0.470 e. The average molecular weight is 602 g/mol. The summed E-state index contributed by atoms with van der Waals surface area (Å²) in [6.45, 7) is 4.44. The van der Waals surface area contributed by atoms with Crippen molar-refractivity contribution in [2.45, 2.75) is 36.0 Å². The third-order valence-electron chi connectivity index (χ3n) is 7.42. The molecule has 2 aliphatic rings. The third kappa shape index (κ3) is 6.19. The molecule has 1 aliphatic carbocycles. The first-order valence-corrected chi connectivity index (χ1v) is 16.6. The van der Waals surface area contributed by atoms with Crippen LogP contribution in [-0.4, -0.2) is 83.9 Å². The summed E-state index contributed by atoms with van der Waals surface area (Å²) in [5.74, 6) is 0.461. The number of morpholine rings is 1. The Morgan fingerprint density at radius 1 is 1.17 bits per heavy atom. The maximum atomic E-state index is 13.0. The van der Waals surface area contributed by atoms with Gasteiger partial charge in [-0.2, -0.15) is 0 Å². The van der Waals surface area contributed by atoms with Gasteiger partial charge in [0.15, 0.2) is 9.84 Å². The Labute approximate surface area is 237 Å². The van der Waals surface area contributed by atoms with E-state index in [0.717, 1.165) is 27.5 Å². The van der Waals surface area contributed by atoms with Crippen LogP contribution in [0, 0.1) is 6.92 Å². The average Bonchev–Trinajstić information content (AvgIpc) is 3.74. The van der Waals surface area contributed by atoms with Crippen LogP contribution >= 0.6 is 7.82 Å². The first-order valence-electron chi connectivity index (χ1n) is 13.5. The van der Waals surface area contributed by atoms with Crippen molar-refractivity contribution in [1.82, 2.24) is 14.9 Å². The Kier molecular flexibility index (Phi) is 7.67. The normalized spacial score (nSPS) is 17.7. The molecule has 0 radical (unpaired) electrons. The Bertz CT molecular complexity index is 1740. The molecule has 2 aromatic heterocycles. The summed E-state index contributed by atoms with van der Waals surface area (Å²) in [7, 11) is -8.14. The van der Waals surface area contributed by atoms with Crippen LogP contribution in [0.15, 0.2) is 53.6 Å². The fraction of sp³-hybridized carbons (Fsp3) is 0.393. The van der Waals surface area contributed by atoms with Gasteiger partial charge < -0.3 is 24.2 Å². The number of ether oxygens (including phenoxy) is 2. The van der Waals surface area contributed by atoms with Crippen LogP contribution in [-0.2, 0) is 23.7 Å². The van der Waals surface area contributed by atoms with Gasteiger partial charge in [0.25, 0.3) is 0 Å². The molecular weight excluding hydrogens is 569 g/mol. The van der Waals surface area contributed by atoms with Crippen molar-refractivity contribution in [3.8, 4) is 16.9 Å².